The molecule has 1 unspecified atom stereocenters. The Kier molecular flexibility index (Phi) is 2.41. The number of nitrogen functional groups attached to an aromatic ring is 1. The van der Waals surface area contributed by atoms with Crippen LogP contribution in [0.1, 0.15) is 38.5 Å². The molecular formula is C9H16N4O. The van der Waals surface area contributed by atoms with Crippen LogP contribution in [-0.2, 0) is 5.54 Å². The molecule has 0 radical (unpaired) electrons. The Bertz CT molecular complexity index is 304. The Morgan fingerprint density at radius 1 is 1.64 bits per heavy atom. The lowest BCUT2D eigenvalue weighted by Gasteiger charge is -2.24. The summed E-state index contributed by atoms with van der Waals surface area (Å²) in [5.41, 5.74) is 5.35. The molecule has 1 fully saturated rings. The molecule has 0 bridgehead atoms. The van der Waals surface area contributed by atoms with Crippen molar-refractivity contribution in [3.63, 3.8) is 0 Å². The molecule has 5 heteroatoms. The Morgan fingerprint density at radius 2 is 2.50 bits per heavy atom. The second-order valence-electron chi connectivity index (χ2n) is 3.82. The van der Waals surface area contributed by atoms with E-state index in [-0.39, 0.29) is 11.5 Å². The van der Waals surface area contributed by atoms with Crippen molar-refractivity contribution in [2.75, 3.05) is 12.3 Å². The van der Waals surface area contributed by atoms with Crippen molar-refractivity contribution in [3.05, 3.63) is 5.89 Å². The number of hydrogen-bond acceptors (Lipinski definition) is 5. The molecule has 3 N–H and O–H groups in total. The van der Waals surface area contributed by atoms with Gasteiger partial charge in [-0.05, 0) is 31.0 Å². The topological polar surface area (TPSA) is 77.0 Å². The summed E-state index contributed by atoms with van der Waals surface area (Å²) in [7, 11) is 0. The summed E-state index contributed by atoms with van der Waals surface area (Å²) in [6.45, 7) is 3.17. The van der Waals surface area contributed by atoms with Gasteiger partial charge in [0, 0.05) is 0 Å². The number of anilines is 1. The summed E-state index contributed by atoms with van der Waals surface area (Å²) in [5.74, 6) is 0.874. The maximum absolute atomic E-state index is 5.46. The molecule has 0 aliphatic carbocycles. The molecule has 1 aromatic heterocycles. The quantitative estimate of drug-likeness (QED) is 0.755. The van der Waals surface area contributed by atoms with Gasteiger partial charge in [0.25, 0.3) is 5.95 Å². The minimum Gasteiger partial charge on any atom is -0.365 e. The van der Waals surface area contributed by atoms with E-state index in [4.69, 9.17) is 10.3 Å². The highest BCUT2D eigenvalue weighted by molar-refractivity contribution is 5.16. The highest BCUT2D eigenvalue weighted by atomic mass is 16.5. The molecule has 1 aliphatic rings. The van der Waals surface area contributed by atoms with Crippen LogP contribution in [0, 0.1) is 0 Å². The highest BCUT2D eigenvalue weighted by Gasteiger charge is 2.39. The number of nitrogens with one attached hydrogen (secondary N) is 1. The van der Waals surface area contributed by atoms with E-state index in [1.165, 1.54) is 0 Å². The van der Waals surface area contributed by atoms with Crippen molar-refractivity contribution >= 4 is 5.95 Å². The lowest BCUT2D eigenvalue weighted by atomic mass is 9.92. The van der Waals surface area contributed by atoms with Crippen molar-refractivity contribution < 1.29 is 4.52 Å². The van der Waals surface area contributed by atoms with Gasteiger partial charge in [-0.1, -0.05) is 13.3 Å². The second kappa shape index (κ2) is 3.57. The zero-order valence-corrected chi connectivity index (χ0v) is 8.42. The molecule has 0 saturated carbocycles. The van der Waals surface area contributed by atoms with Crippen LogP contribution in [-0.4, -0.2) is 16.7 Å². The van der Waals surface area contributed by atoms with Crippen LogP contribution in [0.4, 0.5) is 5.95 Å². The summed E-state index contributed by atoms with van der Waals surface area (Å²) in [5, 5.41) is 7.09. The van der Waals surface area contributed by atoms with Gasteiger partial charge in [0.15, 0.2) is 0 Å². The summed E-state index contributed by atoms with van der Waals surface area (Å²) >= 11 is 0. The van der Waals surface area contributed by atoms with E-state index in [0.717, 1.165) is 32.2 Å². The van der Waals surface area contributed by atoms with Crippen molar-refractivity contribution in [1.82, 2.24) is 15.5 Å². The molecule has 1 saturated heterocycles. The Labute approximate surface area is 83.1 Å². The van der Waals surface area contributed by atoms with Crippen LogP contribution < -0.4 is 11.1 Å². The fourth-order valence-electron chi connectivity index (χ4n) is 2.17. The Balaban J connectivity index is 2.26. The normalized spacial score (nSPS) is 26.9. The number of aromatic nitrogens is 2. The van der Waals surface area contributed by atoms with Gasteiger partial charge < -0.3 is 15.6 Å². The lowest BCUT2D eigenvalue weighted by Crippen LogP contribution is -2.37. The third kappa shape index (κ3) is 1.48. The summed E-state index contributed by atoms with van der Waals surface area (Å²) in [4.78, 5) is 4.12. The zero-order valence-electron chi connectivity index (χ0n) is 8.42. The zero-order chi connectivity index (χ0) is 10.0. The molecule has 1 aliphatic heterocycles. The third-order valence-corrected chi connectivity index (χ3v) is 2.77. The van der Waals surface area contributed by atoms with Gasteiger partial charge >= 0.3 is 0 Å². The van der Waals surface area contributed by atoms with E-state index >= 15 is 0 Å². The van der Waals surface area contributed by atoms with E-state index in [1.54, 1.807) is 0 Å². The van der Waals surface area contributed by atoms with Crippen LogP contribution in [0.25, 0.3) is 0 Å². The molecule has 5 nitrogen and oxygen atoms in total. The fraction of sp³-hybridized carbons (Fsp3) is 0.778. The maximum Gasteiger partial charge on any atom is 0.260 e. The van der Waals surface area contributed by atoms with Crippen LogP contribution in [0.3, 0.4) is 0 Å². The third-order valence-electron chi connectivity index (χ3n) is 2.77. The first kappa shape index (κ1) is 9.45. The minimum atomic E-state index is -0.112. The monoisotopic (exact) mass is 196 g/mol. The number of hydrogen-bond donors (Lipinski definition) is 2. The average molecular weight is 196 g/mol. The van der Waals surface area contributed by atoms with E-state index in [9.17, 15) is 0 Å². The molecule has 1 atom stereocenters. The summed E-state index contributed by atoms with van der Waals surface area (Å²) in [6.07, 6.45) is 4.33. The largest absolute Gasteiger partial charge is 0.365 e. The average Bonchev–Trinajstić information content (AvgIpc) is 2.75. The Morgan fingerprint density at radius 3 is 3.00 bits per heavy atom. The molecular weight excluding hydrogens is 180 g/mol. The highest BCUT2D eigenvalue weighted by Crippen LogP contribution is 2.34. The number of rotatable bonds is 3. The van der Waals surface area contributed by atoms with Gasteiger partial charge in [0.2, 0.25) is 5.89 Å². The molecule has 14 heavy (non-hydrogen) atoms. The first-order valence-electron chi connectivity index (χ1n) is 5.11. The number of nitrogens with zero attached hydrogens (tertiary/aromatic N) is 2. The minimum absolute atomic E-state index is 0.112. The van der Waals surface area contributed by atoms with Crippen LogP contribution in [0.2, 0.25) is 0 Å². The first-order valence-corrected chi connectivity index (χ1v) is 5.11. The van der Waals surface area contributed by atoms with Gasteiger partial charge in [-0.2, -0.15) is 4.98 Å². The molecule has 2 rings (SSSR count). The van der Waals surface area contributed by atoms with E-state index in [1.807, 2.05) is 0 Å². The standard InChI is InChI=1S/C9H16N4O/c1-2-4-9(5-3-6-11-9)7-12-8(10)13-14-7/h11H,2-6H2,1H3,(H2,10,13). The van der Waals surface area contributed by atoms with Crippen LogP contribution >= 0.6 is 0 Å². The predicted molar refractivity (Wildman–Crippen MR) is 52.5 cm³/mol. The van der Waals surface area contributed by atoms with Crippen molar-refractivity contribution in [1.29, 1.82) is 0 Å². The van der Waals surface area contributed by atoms with Crippen LogP contribution in [0.5, 0.6) is 0 Å². The molecule has 78 valence electrons. The van der Waals surface area contributed by atoms with Crippen molar-refractivity contribution in [2.45, 2.75) is 38.1 Å². The molecule has 0 aromatic carbocycles. The number of nitrogens with two attached hydrogens (primary N) is 1. The molecule has 0 amide bonds. The fourth-order valence-corrected chi connectivity index (χ4v) is 2.17. The molecule has 2 heterocycles. The lowest BCUT2D eigenvalue weighted by molar-refractivity contribution is 0.241. The van der Waals surface area contributed by atoms with Crippen molar-refractivity contribution in [3.8, 4) is 0 Å². The Hall–Kier alpha value is -1.10. The van der Waals surface area contributed by atoms with Crippen LogP contribution in [0.15, 0.2) is 4.52 Å². The van der Waals surface area contributed by atoms with Gasteiger partial charge in [0.1, 0.15) is 0 Å². The van der Waals surface area contributed by atoms with Gasteiger partial charge in [-0.15, -0.1) is 0 Å². The van der Waals surface area contributed by atoms with Gasteiger partial charge in [0.05, 0.1) is 5.54 Å². The molecule has 0 spiro atoms. The van der Waals surface area contributed by atoms with E-state index in [2.05, 4.69) is 22.4 Å². The smallest absolute Gasteiger partial charge is 0.260 e. The van der Waals surface area contributed by atoms with Gasteiger partial charge in [-0.3, -0.25) is 0 Å². The predicted octanol–water partition coefficient (Wildman–Crippen LogP) is 1.03. The summed E-state index contributed by atoms with van der Waals surface area (Å²) < 4.78 is 5.16. The van der Waals surface area contributed by atoms with Gasteiger partial charge in [-0.25, -0.2) is 0 Å². The maximum atomic E-state index is 5.46. The first-order chi connectivity index (χ1) is 6.77. The molecule has 1 aromatic rings. The van der Waals surface area contributed by atoms with E-state index in [0.29, 0.717) is 5.89 Å². The SMILES string of the molecule is CCCC1(c2nc(N)no2)CCCN1. The van der Waals surface area contributed by atoms with Crippen molar-refractivity contribution in [2.24, 2.45) is 0 Å². The second-order valence-corrected chi connectivity index (χ2v) is 3.82. The summed E-state index contributed by atoms with van der Waals surface area (Å²) in [6, 6.07) is 0. The van der Waals surface area contributed by atoms with E-state index < -0.39 is 0 Å².